The van der Waals surface area contributed by atoms with Crippen molar-refractivity contribution in [3.63, 3.8) is 0 Å². The molecule has 0 saturated carbocycles. The molecule has 6 nitrogen and oxygen atoms in total. The summed E-state index contributed by atoms with van der Waals surface area (Å²) in [7, 11) is 0. The Bertz CT molecular complexity index is 1060. The van der Waals surface area contributed by atoms with Crippen molar-refractivity contribution in [2.45, 2.75) is 89.2 Å². The number of hydrogen-bond acceptors (Lipinski definition) is 5. The highest BCUT2D eigenvalue weighted by atomic mass is 16.6. The number of benzene rings is 2. The summed E-state index contributed by atoms with van der Waals surface area (Å²) in [6.45, 7) is 9.21. The van der Waals surface area contributed by atoms with Gasteiger partial charge in [0.15, 0.2) is 0 Å². The largest absolute Gasteiger partial charge is 0.444 e. The van der Waals surface area contributed by atoms with Gasteiger partial charge in [0.1, 0.15) is 11.7 Å². The number of fused-ring (bicyclic) bond motifs is 2. The Hall–Kier alpha value is -2.41. The lowest BCUT2D eigenvalue weighted by atomic mass is 9.92. The van der Waals surface area contributed by atoms with Crippen LogP contribution in [0, 0.1) is 0 Å². The van der Waals surface area contributed by atoms with Crippen molar-refractivity contribution in [2.24, 2.45) is 0 Å². The number of carbonyl (C=O) groups is 1. The molecule has 2 aromatic rings. The lowest BCUT2D eigenvalue weighted by Gasteiger charge is -2.36. The van der Waals surface area contributed by atoms with Crippen LogP contribution in [0.5, 0.6) is 0 Å². The molecule has 0 aromatic heterocycles. The van der Waals surface area contributed by atoms with Crippen LogP contribution in [0.15, 0.2) is 48.5 Å². The van der Waals surface area contributed by atoms with Crippen molar-refractivity contribution in [1.82, 2.24) is 10.2 Å². The molecule has 37 heavy (non-hydrogen) atoms. The second-order valence-corrected chi connectivity index (χ2v) is 11.6. The first kappa shape index (κ1) is 26.2. The van der Waals surface area contributed by atoms with Gasteiger partial charge < -0.3 is 24.4 Å². The normalized spacial score (nSPS) is 27.1. The van der Waals surface area contributed by atoms with Gasteiger partial charge in [0, 0.05) is 12.6 Å². The van der Waals surface area contributed by atoms with Crippen LogP contribution >= 0.6 is 0 Å². The average Bonchev–Trinajstić information content (AvgIpc) is 3.60. The smallest absolute Gasteiger partial charge is 0.410 e. The van der Waals surface area contributed by atoms with E-state index in [-0.39, 0.29) is 24.3 Å². The first-order valence-corrected chi connectivity index (χ1v) is 14.0. The van der Waals surface area contributed by atoms with Crippen molar-refractivity contribution in [2.75, 3.05) is 26.3 Å². The Morgan fingerprint density at radius 3 is 2.14 bits per heavy atom. The van der Waals surface area contributed by atoms with Gasteiger partial charge >= 0.3 is 6.09 Å². The summed E-state index contributed by atoms with van der Waals surface area (Å²) in [6, 6.07) is 17.7. The van der Waals surface area contributed by atoms with Crippen LogP contribution in [0.4, 0.5) is 4.79 Å². The molecule has 6 heteroatoms. The fraction of sp³-hybridized carbons (Fsp3) is 0.581. The molecule has 200 valence electrons. The van der Waals surface area contributed by atoms with E-state index >= 15 is 0 Å². The SMILES string of the molecule is CC(C)(C)OC(=O)N1CCC[C@H]1C1OCCc2ccccc21.c1ccc2c(c1)CCOC2[C@@H]1CCCN1. The van der Waals surface area contributed by atoms with E-state index in [9.17, 15) is 4.79 Å². The van der Waals surface area contributed by atoms with E-state index < -0.39 is 5.60 Å². The van der Waals surface area contributed by atoms with Crippen LogP contribution in [0.2, 0.25) is 0 Å². The maximum atomic E-state index is 12.5. The van der Waals surface area contributed by atoms with Crippen molar-refractivity contribution in [3.8, 4) is 0 Å². The Labute approximate surface area is 221 Å². The minimum Gasteiger partial charge on any atom is -0.444 e. The number of amides is 1. The number of nitrogens with zero attached hydrogens (tertiary/aromatic N) is 1. The minimum absolute atomic E-state index is 0.0278. The minimum atomic E-state index is -0.463. The molecule has 0 bridgehead atoms. The fourth-order valence-electron chi connectivity index (χ4n) is 6.13. The van der Waals surface area contributed by atoms with Crippen LogP contribution in [0.25, 0.3) is 0 Å². The average molecular weight is 507 g/mol. The fourth-order valence-corrected chi connectivity index (χ4v) is 6.13. The second kappa shape index (κ2) is 11.5. The van der Waals surface area contributed by atoms with Gasteiger partial charge in [-0.3, -0.25) is 0 Å². The molecule has 4 aliphatic rings. The van der Waals surface area contributed by atoms with E-state index in [0.29, 0.717) is 6.04 Å². The van der Waals surface area contributed by atoms with Crippen LogP contribution in [0.1, 0.15) is 80.9 Å². The van der Waals surface area contributed by atoms with Gasteiger partial charge in [0.05, 0.1) is 25.4 Å². The second-order valence-electron chi connectivity index (χ2n) is 11.6. The standard InChI is InChI=1S/C18H25NO3.C13H17NO/c1-18(2,3)22-17(20)19-11-6-9-15(19)16-14-8-5-4-7-13(14)10-12-21-16;1-2-5-11-10(4-1)7-9-15-13(11)12-6-3-8-14-12/h4-5,7-8,15-16H,6,9-12H2,1-3H3;1-2,4-5,12-14H,3,6-9H2/t15-,16?;12-,13?/m00/s1. The summed E-state index contributed by atoms with van der Waals surface area (Å²) >= 11 is 0. The molecule has 0 aliphatic carbocycles. The number of ether oxygens (including phenoxy) is 3. The van der Waals surface area contributed by atoms with Crippen molar-refractivity contribution < 1.29 is 19.0 Å². The summed E-state index contributed by atoms with van der Waals surface area (Å²) in [4.78, 5) is 14.3. The van der Waals surface area contributed by atoms with Crippen molar-refractivity contribution >= 4 is 6.09 Å². The Kier molecular flexibility index (Phi) is 8.18. The van der Waals surface area contributed by atoms with E-state index in [1.165, 1.54) is 35.1 Å². The number of likely N-dealkylation sites (tertiary alicyclic amines) is 1. The van der Waals surface area contributed by atoms with Gasteiger partial charge in [0.2, 0.25) is 0 Å². The molecular weight excluding hydrogens is 464 g/mol. The molecule has 1 amide bonds. The summed E-state index contributed by atoms with van der Waals surface area (Å²) in [5, 5.41) is 3.54. The van der Waals surface area contributed by atoms with Gasteiger partial charge in [-0.05, 0) is 88.1 Å². The third kappa shape index (κ3) is 6.19. The van der Waals surface area contributed by atoms with Crippen LogP contribution in [-0.4, -0.2) is 55.0 Å². The monoisotopic (exact) mass is 506 g/mol. The van der Waals surface area contributed by atoms with Gasteiger partial charge in [-0.15, -0.1) is 0 Å². The number of nitrogens with one attached hydrogen (secondary N) is 1. The van der Waals surface area contributed by atoms with Gasteiger partial charge in [-0.1, -0.05) is 48.5 Å². The summed E-state index contributed by atoms with van der Waals surface area (Å²) in [5.74, 6) is 0. The molecule has 4 atom stereocenters. The van der Waals surface area contributed by atoms with Crippen LogP contribution < -0.4 is 5.32 Å². The molecule has 2 saturated heterocycles. The Morgan fingerprint density at radius 2 is 1.51 bits per heavy atom. The third-order valence-corrected chi connectivity index (χ3v) is 7.80. The van der Waals surface area contributed by atoms with Gasteiger partial charge in [0.25, 0.3) is 0 Å². The van der Waals surface area contributed by atoms with Gasteiger partial charge in [-0.2, -0.15) is 0 Å². The summed E-state index contributed by atoms with van der Waals surface area (Å²) in [6.07, 6.45) is 6.57. The zero-order valence-corrected chi connectivity index (χ0v) is 22.6. The predicted molar refractivity (Wildman–Crippen MR) is 145 cm³/mol. The molecule has 2 aromatic carbocycles. The van der Waals surface area contributed by atoms with Crippen LogP contribution in [0.3, 0.4) is 0 Å². The highest BCUT2D eigenvalue weighted by Gasteiger charge is 2.40. The van der Waals surface area contributed by atoms with E-state index in [2.05, 4.69) is 47.8 Å². The molecule has 0 radical (unpaired) electrons. The van der Waals surface area contributed by atoms with E-state index in [0.717, 1.165) is 52.0 Å². The molecular formula is C31H42N2O4. The summed E-state index contributed by atoms with van der Waals surface area (Å²) in [5.41, 5.74) is 4.99. The summed E-state index contributed by atoms with van der Waals surface area (Å²) < 4.78 is 17.5. The van der Waals surface area contributed by atoms with Gasteiger partial charge in [-0.25, -0.2) is 4.79 Å². The molecule has 0 spiro atoms. The predicted octanol–water partition coefficient (Wildman–Crippen LogP) is 5.75. The third-order valence-electron chi connectivity index (χ3n) is 7.80. The van der Waals surface area contributed by atoms with E-state index in [1.54, 1.807) is 0 Å². The molecule has 1 N–H and O–H groups in total. The molecule has 2 unspecified atom stereocenters. The quantitative estimate of drug-likeness (QED) is 0.562. The molecule has 4 heterocycles. The number of carbonyl (C=O) groups excluding carboxylic acids is 1. The maximum Gasteiger partial charge on any atom is 0.410 e. The highest BCUT2D eigenvalue weighted by Crippen LogP contribution is 2.37. The van der Waals surface area contributed by atoms with Crippen molar-refractivity contribution in [1.29, 1.82) is 0 Å². The Morgan fingerprint density at radius 1 is 0.892 bits per heavy atom. The molecule has 6 rings (SSSR count). The first-order chi connectivity index (χ1) is 17.9. The Balaban J connectivity index is 0.000000162. The van der Waals surface area contributed by atoms with Crippen LogP contribution in [-0.2, 0) is 27.1 Å². The lowest BCUT2D eigenvalue weighted by molar-refractivity contribution is -0.0265. The van der Waals surface area contributed by atoms with E-state index in [4.69, 9.17) is 14.2 Å². The lowest BCUT2D eigenvalue weighted by Crippen LogP contribution is -2.43. The zero-order valence-electron chi connectivity index (χ0n) is 22.6. The molecule has 4 aliphatic heterocycles. The molecule has 2 fully saturated rings. The maximum absolute atomic E-state index is 12.5. The zero-order chi connectivity index (χ0) is 25.8. The van der Waals surface area contributed by atoms with E-state index in [1.807, 2.05) is 31.7 Å². The number of hydrogen-bond donors (Lipinski definition) is 1. The topological polar surface area (TPSA) is 60.0 Å². The highest BCUT2D eigenvalue weighted by molar-refractivity contribution is 5.69. The number of rotatable bonds is 2. The first-order valence-electron chi connectivity index (χ1n) is 14.0. The van der Waals surface area contributed by atoms with Crippen molar-refractivity contribution in [3.05, 3.63) is 70.8 Å².